The molecule has 0 aromatic rings. The Morgan fingerprint density at radius 1 is 0.853 bits per heavy atom. The normalized spacial score (nSPS) is 28.6. The Bertz CT molecular complexity index is 1810. The van der Waals surface area contributed by atoms with Crippen LogP contribution >= 0.6 is 0 Å². The molecular formula is C53H83NO14. The van der Waals surface area contributed by atoms with Gasteiger partial charge in [0.05, 0.1) is 37.6 Å². The van der Waals surface area contributed by atoms with Gasteiger partial charge in [-0.05, 0) is 113 Å². The topological polar surface area (TPSA) is 216 Å². The number of hydrogen-bond acceptors (Lipinski definition) is 13. The lowest BCUT2D eigenvalue weighted by molar-refractivity contribution is -0.265. The second-order valence-electron chi connectivity index (χ2n) is 19.6. The zero-order chi connectivity index (χ0) is 50.7. The van der Waals surface area contributed by atoms with Crippen LogP contribution in [0.4, 0.5) is 0 Å². The first-order valence-electron chi connectivity index (χ1n) is 24.7. The molecule has 3 fully saturated rings. The van der Waals surface area contributed by atoms with Gasteiger partial charge in [-0.1, -0.05) is 77.2 Å². The van der Waals surface area contributed by atoms with Gasteiger partial charge < -0.3 is 49.0 Å². The number of allylic oxidation sites excluding steroid dienone is 8. The van der Waals surface area contributed by atoms with Crippen LogP contribution in [0, 0.1) is 35.5 Å². The highest BCUT2D eigenvalue weighted by atomic mass is 16.6. The third-order valence-corrected chi connectivity index (χ3v) is 14.1. The second-order valence-corrected chi connectivity index (χ2v) is 19.6. The van der Waals surface area contributed by atoms with E-state index < -0.39 is 71.7 Å². The van der Waals surface area contributed by atoms with Crippen LogP contribution < -0.4 is 0 Å². The lowest BCUT2D eigenvalue weighted by Gasteiger charge is -2.42. The van der Waals surface area contributed by atoms with E-state index in [-0.39, 0.29) is 55.2 Å². The van der Waals surface area contributed by atoms with E-state index in [0.29, 0.717) is 56.6 Å². The molecule has 384 valence electrons. The number of carbonyl (C=O) groups is 5. The van der Waals surface area contributed by atoms with Crippen LogP contribution in [0.15, 0.2) is 59.8 Å². The summed E-state index contributed by atoms with van der Waals surface area (Å²) in [7, 11) is 4.64. The maximum absolute atomic E-state index is 13.6. The van der Waals surface area contributed by atoms with Crippen LogP contribution in [0.5, 0.6) is 0 Å². The highest BCUT2D eigenvalue weighted by molar-refractivity contribution is 6.39. The van der Waals surface area contributed by atoms with Crippen LogP contribution in [0.2, 0.25) is 0 Å². The minimum Gasteiger partial charge on any atom is -0.480 e. The van der Waals surface area contributed by atoms with E-state index in [1.54, 1.807) is 47.1 Å². The van der Waals surface area contributed by atoms with Crippen molar-refractivity contribution >= 4 is 29.2 Å². The maximum Gasteiger partial charge on any atom is 0.326 e. The van der Waals surface area contributed by atoms with Crippen molar-refractivity contribution in [2.75, 3.05) is 41.1 Å². The van der Waals surface area contributed by atoms with E-state index in [4.69, 9.17) is 28.8 Å². The molecule has 2 heterocycles. The number of aliphatic hydroxyl groups is 3. The molecule has 15 nitrogen and oxygen atoms in total. The van der Waals surface area contributed by atoms with E-state index >= 15 is 0 Å². The highest BCUT2D eigenvalue weighted by Gasteiger charge is 2.52. The number of hydrogen-bond donors (Lipinski definition) is 4. The molecule has 3 aliphatic rings. The number of methoxy groups -OCH3 is 3. The van der Waals surface area contributed by atoms with Crippen LogP contribution in [-0.2, 0) is 47.7 Å². The molecule has 0 spiro atoms. The van der Waals surface area contributed by atoms with Crippen molar-refractivity contribution in [3.05, 3.63) is 59.8 Å². The first kappa shape index (κ1) is 58.6. The van der Waals surface area contributed by atoms with Gasteiger partial charge in [0.25, 0.3) is 11.7 Å². The molecule has 68 heavy (non-hydrogen) atoms. The minimum absolute atomic E-state index is 0.0138. The zero-order valence-corrected chi connectivity index (χ0v) is 42.3. The fraction of sp³-hybridized carbons (Fsp3) is 0.717. The molecule has 1 aliphatic carbocycles. The number of rotatable bonds is 27. The lowest BCUT2D eigenvalue weighted by Crippen LogP contribution is -2.60. The van der Waals surface area contributed by atoms with Gasteiger partial charge in [0, 0.05) is 52.0 Å². The van der Waals surface area contributed by atoms with Crippen LogP contribution in [0.3, 0.4) is 0 Å². The van der Waals surface area contributed by atoms with Crippen molar-refractivity contribution in [2.45, 2.75) is 168 Å². The lowest BCUT2D eigenvalue weighted by atomic mass is 9.80. The summed E-state index contributed by atoms with van der Waals surface area (Å²) in [6, 6.07) is -1.12. The van der Waals surface area contributed by atoms with E-state index in [1.807, 2.05) is 57.2 Å². The predicted octanol–water partition coefficient (Wildman–Crippen LogP) is 6.52. The summed E-state index contributed by atoms with van der Waals surface area (Å²) in [5.74, 6) is -7.06. The number of amides is 1. The maximum atomic E-state index is 13.6. The number of piperidine rings is 1. The molecule has 0 bridgehead atoms. The number of aliphatic carboxylic acids is 1. The van der Waals surface area contributed by atoms with Gasteiger partial charge in [0.2, 0.25) is 5.79 Å². The summed E-state index contributed by atoms with van der Waals surface area (Å²) in [5.41, 5.74) is 1.35. The monoisotopic (exact) mass is 958 g/mol. The molecule has 0 unspecified atom stereocenters. The molecule has 15 heteroatoms. The second kappa shape index (κ2) is 28.9. The summed E-state index contributed by atoms with van der Waals surface area (Å²) in [6.07, 6.45) is 18.2. The van der Waals surface area contributed by atoms with Crippen molar-refractivity contribution in [1.29, 1.82) is 0 Å². The Balaban J connectivity index is 1.50. The summed E-state index contributed by atoms with van der Waals surface area (Å²) in [5, 5.41) is 41.5. The molecule has 2 aliphatic heterocycles. The first-order chi connectivity index (χ1) is 32.2. The SMILES string of the molecule is CO[C@H]1C[C@H](C[C@@H](C)/C=C/C(=O)[C@H](C)/C=C(\C)[C@@H](O)[C@@H](OC)C(=O)[C@H](C)C[C@H](C)/C=C/C=C/C=C(\C)[C@@H](C[C@@H]2CC[C@@H](C)[C@](O)(C(=O)C(=O)N3CCCC[C@H]3C(=O)O)O2)OC)CC[C@H]1OCCO. The fourth-order valence-electron chi connectivity index (χ4n) is 9.86. The number of carboxylic acids is 1. The number of carbonyl (C=O) groups excluding carboxylic acids is 4. The molecule has 3 rings (SSSR count). The smallest absolute Gasteiger partial charge is 0.326 e. The number of aliphatic hydroxyl groups excluding tert-OH is 2. The fourth-order valence-corrected chi connectivity index (χ4v) is 9.86. The van der Waals surface area contributed by atoms with Gasteiger partial charge in [0.1, 0.15) is 18.2 Å². The number of likely N-dealkylation sites (tertiary alicyclic amines) is 1. The number of ketones is 3. The summed E-state index contributed by atoms with van der Waals surface area (Å²) in [4.78, 5) is 66.2. The van der Waals surface area contributed by atoms with Gasteiger partial charge in [-0.3, -0.25) is 19.2 Å². The Morgan fingerprint density at radius 3 is 2.22 bits per heavy atom. The van der Waals surface area contributed by atoms with Gasteiger partial charge in [-0.15, -0.1) is 0 Å². The van der Waals surface area contributed by atoms with Crippen LogP contribution in [0.25, 0.3) is 0 Å². The molecule has 0 aromatic carbocycles. The molecule has 14 atom stereocenters. The van der Waals surface area contributed by atoms with Crippen molar-refractivity contribution in [3.63, 3.8) is 0 Å². The van der Waals surface area contributed by atoms with Crippen molar-refractivity contribution in [2.24, 2.45) is 35.5 Å². The Morgan fingerprint density at radius 2 is 1.57 bits per heavy atom. The van der Waals surface area contributed by atoms with E-state index in [2.05, 4.69) is 6.92 Å². The summed E-state index contributed by atoms with van der Waals surface area (Å²) in [6.45, 7) is 13.3. The quantitative estimate of drug-likeness (QED) is 0.0299. The molecule has 0 aromatic heterocycles. The molecule has 0 radical (unpaired) electrons. The zero-order valence-electron chi connectivity index (χ0n) is 42.3. The summed E-state index contributed by atoms with van der Waals surface area (Å²) < 4.78 is 28.7. The first-order valence-corrected chi connectivity index (χ1v) is 24.7. The number of Topliss-reactive ketones (excluding diaryl/α,β-unsaturated/α-hetero) is 2. The van der Waals surface area contributed by atoms with Gasteiger partial charge >= 0.3 is 5.97 Å². The van der Waals surface area contributed by atoms with Gasteiger partial charge in [-0.25, -0.2) is 4.79 Å². The molecule has 2 saturated heterocycles. The van der Waals surface area contributed by atoms with Crippen molar-refractivity contribution in [1.82, 2.24) is 4.90 Å². The largest absolute Gasteiger partial charge is 0.480 e. The third kappa shape index (κ3) is 17.0. The number of nitrogens with zero attached hydrogens (tertiary/aromatic N) is 1. The molecular weight excluding hydrogens is 875 g/mol. The standard InChI is InChI=1S/C53H83NO14/c1-33(16-12-11-13-17-35(3)45(64-8)32-41-22-20-39(7)53(63,68-41)50(59)51(60)54-25-15-14-18-42(54)52(61)62)28-37(5)47(57)49(66-10)48(58)38(6)30-36(4)43(56)23-19-34(2)29-40-21-24-44(67-27-26-55)46(31-40)65-9/h11-13,16-17,19,23,30,33-34,36-37,39-42,44-46,48-49,55,58,63H,14-15,18,20-22,24-29,31-32H2,1-10H3,(H,61,62)/b13-11+,16-12+,23-19+,35-17+,38-30+/t33-,34+,36-,37-,39-,40+,41+,42+,44-,45-,46+,48-,49+,53-/m1/s1. The van der Waals surface area contributed by atoms with Crippen molar-refractivity contribution < 1.29 is 68.1 Å². The third-order valence-electron chi connectivity index (χ3n) is 14.1. The van der Waals surface area contributed by atoms with Crippen LogP contribution in [0.1, 0.15) is 119 Å². The van der Waals surface area contributed by atoms with Crippen molar-refractivity contribution in [3.8, 4) is 0 Å². The average Bonchev–Trinajstić information content (AvgIpc) is 3.32. The van der Waals surface area contributed by atoms with Gasteiger partial charge in [-0.2, -0.15) is 0 Å². The van der Waals surface area contributed by atoms with E-state index in [9.17, 15) is 39.3 Å². The number of ether oxygens (including phenoxy) is 5. The minimum atomic E-state index is -2.38. The predicted molar refractivity (Wildman–Crippen MR) is 258 cm³/mol. The highest BCUT2D eigenvalue weighted by Crippen LogP contribution is 2.37. The van der Waals surface area contributed by atoms with Crippen LogP contribution in [-0.4, -0.2) is 144 Å². The van der Waals surface area contributed by atoms with Gasteiger partial charge in [0.15, 0.2) is 11.6 Å². The summed E-state index contributed by atoms with van der Waals surface area (Å²) >= 11 is 0. The molecule has 4 N–H and O–H groups in total. The Kier molecular flexibility index (Phi) is 24.9. The number of carboxylic acid groups (broad SMARTS) is 1. The Hall–Kier alpha value is -3.67. The van der Waals surface area contributed by atoms with E-state index in [0.717, 1.165) is 36.2 Å². The molecule has 1 amide bonds. The molecule has 1 saturated carbocycles. The average molecular weight is 958 g/mol. The van der Waals surface area contributed by atoms with E-state index in [1.165, 1.54) is 7.11 Å². The Labute approximate surface area is 405 Å².